The van der Waals surface area contributed by atoms with Gasteiger partial charge in [-0.05, 0) is 31.9 Å². The molecule has 26 heavy (non-hydrogen) atoms. The highest BCUT2D eigenvalue weighted by molar-refractivity contribution is 6.07. The number of anilines is 1. The van der Waals surface area contributed by atoms with E-state index < -0.39 is 11.9 Å². The lowest BCUT2D eigenvalue weighted by molar-refractivity contribution is -0.145. The Morgan fingerprint density at radius 2 is 1.73 bits per heavy atom. The van der Waals surface area contributed by atoms with Crippen molar-refractivity contribution in [3.63, 3.8) is 0 Å². The number of methoxy groups -OCH3 is 1. The molecule has 2 rings (SSSR count). The van der Waals surface area contributed by atoms with E-state index in [9.17, 15) is 14.4 Å². The average Bonchev–Trinajstić information content (AvgIpc) is 2.91. The normalized spacial score (nSPS) is 15.0. The third kappa shape index (κ3) is 5.07. The highest BCUT2D eigenvalue weighted by Gasteiger charge is 2.30. The molecule has 0 aliphatic heterocycles. The largest absolute Gasteiger partial charge is 0.466 e. The Morgan fingerprint density at radius 1 is 1.08 bits per heavy atom. The zero-order valence-corrected chi connectivity index (χ0v) is 15.5. The van der Waals surface area contributed by atoms with Crippen LogP contribution in [0.15, 0.2) is 24.3 Å². The van der Waals surface area contributed by atoms with Crippen LogP contribution in [-0.4, -0.2) is 37.6 Å². The van der Waals surface area contributed by atoms with E-state index in [2.05, 4.69) is 0 Å². The minimum Gasteiger partial charge on any atom is -0.466 e. The van der Waals surface area contributed by atoms with Crippen molar-refractivity contribution in [3.8, 4) is 0 Å². The molecular formula is C20H27NO5. The summed E-state index contributed by atoms with van der Waals surface area (Å²) < 4.78 is 9.80. The number of ether oxygens (including phenoxy) is 2. The van der Waals surface area contributed by atoms with Gasteiger partial charge in [0, 0.05) is 6.04 Å². The van der Waals surface area contributed by atoms with Crippen LogP contribution in [0, 0.1) is 0 Å². The number of hydrogen-bond donors (Lipinski definition) is 0. The maximum absolute atomic E-state index is 13.0. The number of amides is 1. The molecule has 1 aromatic carbocycles. The first-order chi connectivity index (χ1) is 12.6. The molecule has 0 aromatic heterocycles. The third-order valence-corrected chi connectivity index (χ3v) is 4.63. The molecule has 1 aliphatic carbocycles. The molecule has 0 spiro atoms. The van der Waals surface area contributed by atoms with Crippen LogP contribution in [0.1, 0.15) is 62.2 Å². The lowest BCUT2D eigenvalue weighted by Gasteiger charge is -2.32. The average molecular weight is 361 g/mol. The minimum atomic E-state index is -0.549. The van der Waals surface area contributed by atoms with Crippen LogP contribution in [-0.2, 0) is 19.1 Å². The molecule has 0 saturated heterocycles. The molecule has 1 amide bonds. The molecule has 0 radical (unpaired) electrons. The molecule has 0 unspecified atom stereocenters. The Kier molecular flexibility index (Phi) is 7.63. The van der Waals surface area contributed by atoms with Gasteiger partial charge in [0.1, 0.15) is 6.42 Å². The standard InChI is InChI=1S/C20H27NO5/c1-3-26-19(23)14-18(22)21(15-10-6-4-5-7-11-15)17-13-9-8-12-16(17)20(24)25-2/h8-9,12-13,15H,3-7,10-11,14H2,1-2H3. The van der Waals surface area contributed by atoms with Crippen LogP contribution < -0.4 is 4.90 Å². The fourth-order valence-corrected chi connectivity index (χ4v) is 3.44. The van der Waals surface area contributed by atoms with Gasteiger partial charge in [-0.1, -0.05) is 37.8 Å². The number of nitrogens with zero attached hydrogens (tertiary/aromatic N) is 1. The van der Waals surface area contributed by atoms with Crippen molar-refractivity contribution < 1.29 is 23.9 Å². The first-order valence-corrected chi connectivity index (χ1v) is 9.23. The molecule has 6 heteroatoms. The zero-order chi connectivity index (χ0) is 18.9. The van der Waals surface area contributed by atoms with E-state index in [1.807, 2.05) is 0 Å². The summed E-state index contributed by atoms with van der Waals surface area (Å²) in [7, 11) is 1.32. The molecule has 0 atom stereocenters. The lowest BCUT2D eigenvalue weighted by atomic mass is 10.0. The summed E-state index contributed by atoms with van der Waals surface area (Å²) in [5.74, 6) is -1.39. The van der Waals surface area contributed by atoms with Crippen molar-refractivity contribution >= 4 is 23.5 Å². The zero-order valence-electron chi connectivity index (χ0n) is 15.5. The van der Waals surface area contributed by atoms with Crippen molar-refractivity contribution in [2.24, 2.45) is 0 Å². The fraction of sp³-hybridized carbons (Fsp3) is 0.550. The van der Waals surface area contributed by atoms with E-state index in [-0.39, 0.29) is 25.0 Å². The Hall–Kier alpha value is -2.37. The maximum atomic E-state index is 13.0. The number of rotatable bonds is 6. The van der Waals surface area contributed by atoms with Gasteiger partial charge in [-0.3, -0.25) is 9.59 Å². The number of carbonyl (C=O) groups excluding carboxylic acids is 3. The van der Waals surface area contributed by atoms with E-state index in [0.29, 0.717) is 11.3 Å². The predicted molar refractivity (Wildman–Crippen MR) is 98.0 cm³/mol. The van der Waals surface area contributed by atoms with Gasteiger partial charge in [0.05, 0.1) is 25.0 Å². The number of benzene rings is 1. The van der Waals surface area contributed by atoms with Crippen LogP contribution in [0.5, 0.6) is 0 Å². The van der Waals surface area contributed by atoms with Crippen molar-refractivity contribution in [2.45, 2.75) is 57.9 Å². The van der Waals surface area contributed by atoms with E-state index >= 15 is 0 Å². The van der Waals surface area contributed by atoms with Crippen molar-refractivity contribution in [2.75, 3.05) is 18.6 Å². The molecule has 142 valence electrons. The van der Waals surface area contributed by atoms with Gasteiger partial charge in [-0.2, -0.15) is 0 Å². The second-order valence-corrected chi connectivity index (χ2v) is 6.40. The first-order valence-electron chi connectivity index (χ1n) is 9.23. The summed E-state index contributed by atoms with van der Waals surface area (Å²) >= 11 is 0. The fourth-order valence-electron chi connectivity index (χ4n) is 3.44. The summed E-state index contributed by atoms with van der Waals surface area (Å²) in [6, 6.07) is 6.85. The Bertz CT molecular complexity index is 635. The van der Waals surface area contributed by atoms with E-state index in [1.165, 1.54) is 7.11 Å². The molecule has 6 nitrogen and oxygen atoms in total. The molecule has 0 heterocycles. The van der Waals surface area contributed by atoms with E-state index in [4.69, 9.17) is 9.47 Å². The summed E-state index contributed by atoms with van der Waals surface area (Å²) in [6.45, 7) is 1.94. The quantitative estimate of drug-likeness (QED) is 0.441. The first kappa shape index (κ1) is 19.9. The summed E-state index contributed by atoms with van der Waals surface area (Å²) in [5, 5.41) is 0. The highest BCUT2D eigenvalue weighted by Crippen LogP contribution is 2.30. The van der Waals surface area contributed by atoms with Gasteiger partial charge < -0.3 is 14.4 Å². The molecular weight excluding hydrogens is 334 g/mol. The number of esters is 2. The summed E-state index contributed by atoms with van der Waals surface area (Å²) in [6.07, 6.45) is 5.68. The second kappa shape index (κ2) is 9.94. The smallest absolute Gasteiger partial charge is 0.339 e. The van der Waals surface area contributed by atoms with Crippen LogP contribution in [0.4, 0.5) is 5.69 Å². The van der Waals surface area contributed by atoms with Crippen LogP contribution >= 0.6 is 0 Å². The van der Waals surface area contributed by atoms with Crippen LogP contribution in [0.3, 0.4) is 0 Å². The van der Waals surface area contributed by atoms with E-state index in [1.54, 1.807) is 36.1 Å². The summed E-state index contributed by atoms with van der Waals surface area (Å²) in [4.78, 5) is 38.6. The molecule has 1 aliphatic rings. The number of carbonyl (C=O) groups is 3. The topological polar surface area (TPSA) is 72.9 Å². The van der Waals surface area contributed by atoms with Gasteiger partial charge in [0.2, 0.25) is 5.91 Å². The Labute approximate surface area is 154 Å². The van der Waals surface area contributed by atoms with Crippen molar-refractivity contribution in [3.05, 3.63) is 29.8 Å². The van der Waals surface area contributed by atoms with Gasteiger partial charge in [-0.25, -0.2) is 4.79 Å². The van der Waals surface area contributed by atoms with Gasteiger partial charge in [-0.15, -0.1) is 0 Å². The van der Waals surface area contributed by atoms with Crippen molar-refractivity contribution in [1.82, 2.24) is 0 Å². The lowest BCUT2D eigenvalue weighted by Crippen LogP contribution is -2.42. The Morgan fingerprint density at radius 3 is 2.35 bits per heavy atom. The molecule has 1 saturated carbocycles. The number of hydrogen-bond acceptors (Lipinski definition) is 5. The second-order valence-electron chi connectivity index (χ2n) is 6.40. The Balaban J connectivity index is 2.38. The molecule has 1 fully saturated rings. The van der Waals surface area contributed by atoms with Gasteiger partial charge in [0.15, 0.2) is 0 Å². The van der Waals surface area contributed by atoms with Crippen molar-refractivity contribution in [1.29, 1.82) is 0 Å². The number of para-hydroxylation sites is 1. The highest BCUT2D eigenvalue weighted by atomic mass is 16.5. The minimum absolute atomic E-state index is 0.0368. The molecule has 0 N–H and O–H groups in total. The van der Waals surface area contributed by atoms with E-state index in [0.717, 1.165) is 38.5 Å². The monoisotopic (exact) mass is 361 g/mol. The molecule has 0 bridgehead atoms. The maximum Gasteiger partial charge on any atom is 0.339 e. The predicted octanol–water partition coefficient (Wildman–Crippen LogP) is 3.48. The van der Waals surface area contributed by atoms with Crippen LogP contribution in [0.25, 0.3) is 0 Å². The SMILES string of the molecule is CCOC(=O)CC(=O)N(c1ccccc1C(=O)OC)C1CCCCCC1. The third-order valence-electron chi connectivity index (χ3n) is 4.63. The van der Waals surface area contributed by atoms with Gasteiger partial charge in [0.25, 0.3) is 0 Å². The molecule has 1 aromatic rings. The summed E-state index contributed by atoms with van der Waals surface area (Å²) in [5.41, 5.74) is 0.831. The van der Waals surface area contributed by atoms with Crippen LogP contribution in [0.2, 0.25) is 0 Å². The van der Waals surface area contributed by atoms with Gasteiger partial charge >= 0.3 is 11.9 Å².